The summed E-state index contributed by atoms with van der Waals surface area (Å²) in [6, 6.07) is 0. The van der Waals surface area contributed by atoms with Gasteiger partial charge in [-0.2, -0.15) is 0 Å². The quantitative estimate of drug-likeness (QED) is 0.429. The highest BCUT2D eigenvalue weighted by Crippen LogP contribution is 1.99. The average Bonchev–Trinajstić information content (AvgIpc) is 2.35. The maximum Gasteiger partial charge on any atom is 0.303 e. The monoisotopic (exact) mass is 246 g/mol. The molecule has 0 spiro atoms. The van der Waals surface area contributed by atoms with E-state index in [9.17, 15) is 4.79 Å². The van der Waals surface area contributed by atoms with E-state index in [2.05, 4.69) is 29.4 Å². The Bertz CT molecular complexity index is 420. The molecule has 3 nitrogen and oxygen atoms in total. The maximum atomic E-state index is 10.2. The van der Waals surface area contributed by atoms with Crippen LogP contribution in [0.1, 0.15) is 39.0 Å². The fourth-order valence-corrected chi connectivity index (χ4v) is 1.00. The average molecular weight is 246 g/mol. The number of hydrogen-bond donors (Lipinski definition) is 2. The van der Waals surface area contributed by atoms with E-state index >= 15 is 0 Å². The smallest absolute Gasteiger partial charge is 0.303 e. The summed E-state index contributed by atoms with van der Waals surface area (Å²) in [5.41, 5.74) is 2.87. The van der Waals surface area contributed by atoms with E-state index in [4.69, 9.17) is 10.2 Å². The molecule has 0 aliphatic rings. The van der Waals surface area contributed by atoms with Gasteiger partial charge in [0.25, 0.3) is 0 Å². The minimum absolute atomic E-state index is 0.215. The summed E-state index contributed by atoms with van der Waals surface area (Å²) < 4.78 is 0. The summed E-state index contributed by atoms with van der Waals surface area (Å²) in [6.07, 6.45) is 5.91. The van der Waals surface area contributed by atoms with E-state index in [0.29, 0.717) is 12.8 Å². The second-order valence-corrected chi connectivity index (χ2v) is 3.62. The van der Waals surface area contributed by atoms with Gasteiger partial charge in [0.05, 0.1) is 0 Å². The third-order valence-corrected chi connectivity index (χ3v) is 2.02. The van der Waals surface area contributed by atoms with E-state index in [1.54, 1.807) is 6.08 Å². The van der Waals surface area contributed by atoms with Gasteiger partial charge in [-0.1, -0.05) is 18.8 Å². The molecule has 0 aromatic heterocycles. The van der Waals surface area contributed by atoms with Gasteiger partial charge in [0.1, 0.15) is 6.10 Å². The first-order valence-corrected chi connectivity index (χ1v) is 5.97. The fourth-order valence-electron chi connectivity index (χ4n) is 1.00. The Morgan fingerprint density at radius 3 is 2.78 bits per heavy atom. The van der Waals surface area contributed by atoms with Gasteiger partial charge in [0.2, 0.25) is 0 Å². The highest BCUT2D eigenvalue weighted by molar-refractivity contribution is 5.66. The normalized spacial score (nSPS) is 9.89. The molecule has 0 unspecified atom stereocenters. The molecule has 18 heavy (non-hydrogen) atoms. The fraction of sp³-hybridized carbons (Fsp3) is 0.467. The number of aliphatic carboxylic acids is 1. The molecule has 0 amide bonds. The number of carbonyl (C=O) groups is 1. The lowest BCUT2D eigenvalue weighted by atomic mass is 10.2. The third kappa shape index (κ3) is 12.1. The van der Waals surface area contributed by atoms with Crippen molar-refractivity contribution in [2.24, 2.45) is 0 Å². The maximum absolute atomic E-state index is 10.2. The van der Waals surface area contributed by atoms with Crippen LogP contribution in [0, 0.1) is 23.7 Å². The molecule has 0 aliphatic heterocycles. The number of unbranched alkanes of at least 4 members (excludes halogenated alkanes) is 2. The second kappa shape index (κ2) is 11.6. The lowest BCUT2D eigenvalue weighted by Gasteiger charge is -1.91. The lowest BCUT2D eigenvalue weighted by Crippen LogP contribution is -1.98. The first-order valence-electron chi connectivity index (χ1n) is 5.97. The molecule has 0 bridgehead atoms. The van der Waals surface area contributed by atoms with Crippen molar-refractivity contribution in [3.05, 3.63) is 17.9 Å². The highest BCUT2D eigenvalue weighted by Gasteiger charge is 1.93. The van der Waals surface area contributed by atoms with Gasteiger partial charge in [0, 0.05) is 12.5 Å². The van der Waals surface area contributed by atoms with Crippen molar-refractivity contribution in [2.75, 3.05) is 0 Å². The number of aliphatic hydroxyl groups excluding tert-OH is 1. The highest BCUT2D eigenvalue weighted by atomic mass is 16.4. The Morgan fingerprint density at radius 2 is 2.11 bits per heavy atom. The zero-order valence-corrected chi connectivity index (χ0v) is 10.6. The van der Waals surface area contributed by atoms with Gasteiger partial charge in [0.15, 0.2) is 0 Å². The van der Waals surface area contributed by atoms with Crippen molar-refractivity contribution < 1.29 is 15.0 Å². The summed E-state index contributed by atoms with van der Waals surface area (Å²) in [5, 5.41) is 17.5. The molecule has 0 saturated carbocycles. The van der Waals surface area contributed by atoms with E-state index in [0.717, 1.165) is 12.8 Å². The summed E-state index contributed by atoms with van der Waals surface area (Å²) in [6.45, 7) is 1.85. The topological polar surface area (TPSA) is 57.5 Å². The van der Waals surface area contributed by atoms with Gasteiger partial charge in [-0.05, 0) is 43.6 Å². The molecule has 2 N–H and O–H groups in total. The number of allylic oxidation sites excluding steroid dienone is 1. The minimum atomic E-state index is -0.756. The SMILES string of the molecule is CC[C@H](O)C#CC#CC=C=CCCCCC(=O)O. The Kier molecular flexibility index (Phi) is 10.3. The van der Waals surface area contributed by atoms with Crippen molar-refractivity contribution in [1.29, 1.82) is 0 Å². The molecule has 0 radical (unpaired) electrons. The molecule has 0 rings (SSSR count). The van der Waals surface area contributed by atoms with E-state index in [1.807, 2.05) is 13.0 Å². The van der Waals surface area contributed by atoms with Gasteiger partial charge in [-0.3, -0.25) is 4.79 Å². The van der Waals surface area contributed by atoms with Crippen LogP contribution in [0.5, 0.6) is 0 Å². The van der Waals surface area contributed by atoms with E-state index in [1.165, 1.54) is 0 Å². The predicted molar refractivity (Wildman–Crippen MR) is 70.6 cm³/mol. The van der Waals surface area contributed by atoms with Crippen molar-refractivity contribution in [1.82, 2.24) is 0 Å². The van der Waals surface area contributed by atoms with Crippen LogP contribution in [-0.2, 0) is 4.79 Å². The van der Waals surface area contributed by atoms with Gasteiger partial charge < -0.3 is 10.2 Å². The van der Waals surface area contributed by atoms with Crippen LogP contribution >= 0.6 is 0 Å². The number of carboxylic acid groups (broad SMARTS) is 1. The van der Waals surface area contributed by atoms with Crippen molar-refractivity contribution in [3.63, 3.8) is 0 Å². The Labute approximate surface area is 108 Å². The molecular formula is C15H18O3. The number of rotatable bonds is 6. The number of hydrogen-bond acceptors (Lipinski definition) is 2. The largest absolute Gasteiger partial charge is 0.481 e. The Morgan fingerprint density at radius 1 is 1.33 bits per heavy atom. The van der Waals surface area contributed by atoms with E-state index in [-0.39, 0.29) is 6.42 Å². The molecule has 96 valence electrons. The van der Waals surface area contributed by atoms with Crippen LogP contribution in [0.3, 0.4) is 0 Å². The number of aliphatic hydroxyl groups is 1. The molecule has 0 heterocycles. The minimum Gasteiger partial charge on any atom is -0.481 e. The second-order valence-electron chi connectivity index (χ2n) is 3.62. The standard InChI is InChI=1S/C15H18O3/c1-2-14(16)12-10-8-6-4-3-5-7-9-11-13-15(17)18/h4-5,14,16H,2,7,9,11,13H2,1H3,(H,17,18)/t3?,14-/m0/s1. The van der Waals surface area contributed by atoms with Crippen molar-refractivity contribution in [2.45, 2.75) is 45.1 Å². The zero-order chi connectivity index (χ0) is 13.6. The summed E-state index contributed by atoms with van der Waals surface area (Å²) in [7, 11) is 0. The Balaban J connectivity index is 3.77. The molecule has 0 fully saturated rings. The first kappa shape index (κ1) is 16.1. The predicted octanol–water partition coefficient (Wildman–Crippen LogP) is 2.12. The molecular weight excluding hydrogens is 228 g/mol. The zero-order valence-electron chi connectivity index (χ0n) is 10.6. The van der Waals surface area contributed by atoms with E-state index < -0.39 is 12.1 Å². The van der Waals surface area contributed by atoms with Crippen LogP contribution in [-0.4, -0.2) is 22.3 Å². The van der Waals surface area contributed by atoms with Gasteiger partial charge in [-0.25, -0.2) is 0 Å². The van der Waals surface area contributed by atoms with Crippen LogP contribution in [0.25, 0.3) is 0 Å². The summed E-state index contributed by atoms with van der Waals surface area (Å²) in [4.78, 5) is 10.2. The van der Waals surface area contributed by atoms with Crippen LogP contribution in [0.15, 0.2) is 17.9 Å². The molecule has 1 atom stereocenters. The molecule has 0 aromatic rings. The molecule has 0 aromatic carbocycles. The van der Waals surface area contributed by atoms with Crippen LogP contribution < -0.4 is 0 Å². The summed E-state index contributed by atoms with van der Waals surface area (Å²) in [5.74, 6) is 9.63. The van der Waals surface area contributed by atoms with Crippen LogP contribution in [0.4, 0.5) is 0 Å². The van der Waals surface area contributed by atoms with Crippen LogP contribution in [0.2, 0.25) is 0 Å². The number of carboxylic acids is 1. The third-order valence-electron chi connectivity index (χ3n) is 2.02. The van der Waals surface area contributed by atoms with Crippen molar-refractivity contribution >= 4 is 5.97 Å². The molecule has 0 aliphatic carbocycles. The Hall–Kier alpha value is -1.93. The van der Waals surface area contributed by atoms with Crippen molar-refractivity contribution in [3.8, 4) is 23.7 Å². The first-order chi connectivity index (χ1) is 8.66. The summed E-state index contributed by atoms with van der Waals surface area (Å²) >= 11 is 0. The molecule has 0 saturated heterocycles. The van der Waals surface area contributed by atoms with Gasteiger partial charge >= 0.3 is 5.97 Å². The molecule has 3 heteroatoms. The lowest BCUT2D eigenvalue weighted by molar-refractivity contribution is -0.137. The van der Waals surface area contributed by atoms with Gasteiger partial charge in [-0.15, -0.1) is 5.73 Å².